The molecule has 3 heterocycles. The van der Waals surface area contributed by atoms with E-state index in [-0.39, 0.29) is 37.9 Å². The van der Waals surface area contributed by atoms with E-state index in [0.717, 1.165) is 5.56 Å². The fourth-order valence-electron chi connectivity index (χ4n) is 3.60. The van der Waals surface area contributed by atoms with Gasteiger partial charge >= 0.3 is 5.97 Å². The Balaban J connectivity index is 1.77. The third-order valence-corrected chi connectivity index (χ3v) is 5.25. The van der Waals surface area contributed by atoms with Crippen molar-refractivity contribution in [3.8, 4) is 0 Å². The van der Waals surface area contributed by atoms with Crippen molar-refractivity contribution >= 4 is 23.7 Å². The molecule has 168 valence electrons. The third kappa shape index (κ3) is 5.45. The first-order valence-electron chi connectivity index (χ1n) is 10.1. The van der Waals surface area contributed by atoms with E-state index in [0.29, 0.717) is 5.56 Å². The molecule has 0 radical (unpaired) electrons. The van der Waals surface area contributed by atoms with Crippen molar-refractivity contribution < 1.29 is 23.9 Å². The lowest BCUT2D eigenvalue weighted by Gasteiger charge is -2.40. The van der Waals surface area contributed by atoms with Gasteiger partial charge in [0.15, 0.2) is 0 Å². The summed E-state index contributed by atoms with van der Waals surface area (Å²) in [4.78, 5) is 61.3. The van der Waals surface area contributed by atoms with Crippen LogP contribution in [0.5, 0.6) is 0 Å². The maximum atomic E-state index is 13.2. The maximum absolute atomic E-state index is 13.2. The quantitative estimate of drug-likeness (QED) is 0.631. The van der Waals surface area contributed by atoms with Gasteiger partial charge in [-0.3, -0.25) is 24.4 Å². The fourth-order valence-corrected chi connectivity index (χ4v) is 3.60. The number of amides is 3. The number of rotatable bonds is 6. The van der Waals surface area contributed by atoms with Gasteiger partial charge in [0.1, 0.15) is 12.1 Å². The zero-order valence-electron chi connectivity index (χ0n) is 17.9. The molecule has 1 fully saturated rings. The summed E-state index contributed by atoms with van der Waals surface area (Å²) in [5, 5.41) is 2.68. The number of carbonyl (C=O) groups excluding carboxylic acids is 4. The molecule has 1 saturated heterocycles. The van der Waals surface area contributed by atoms with E-state index in [4.69, 9.17) is 4.74 Å². The molecule has 2 atom stereocenters. The lowest BCUT2D eigenvalue weighted by atomic mass is 10.1. The lowest BCUT2D eigenvalue weighted by molar-refractivity contribution is -0.147. The molecular formula is C22H25N5O5. The second kappa shape index (κ2) is 10.5. The van der Waals surface area contributed by atoms with Crippen LogP contribution in [0.4, 0.5) is 0 Å². The average molecular weight is 439 g/mol. The smallest absolute Gasteiger partial charge is 0.328 e. The number of aromatic nitrogens is 2. The van der Waals surface area contributed by atoms with E-state index in [1.54, 1.807) is 42.9 Å². The summed E-state index contributed by atoms with van der Waals surface area (Å²) in [5.41, 5.74) is 1.13. The van der Waals surface area contributed by atoms with Gasteiger partial charge < -0.3 is 19.9 Å². The molecule has 0 aromatic carbocycles. The number of piperazine rings is 1. The molecule has 3 rings (SSSR count). The summed E-state index contributed by atoms with van der Waals surface area (Å²) in [7, 11) is 1.24. The zero-order chi connectivity index (χ0) is 23.1. The largest absolute Gasteiger partial charge is 0.467 e. The highest BCUT2D eigenvalue weighted by atomic mass is 16.5. The number of nitrogens with one attached hydrogen (secondary N) is 1. The first kappa shape index (κ1) is 22.9. The number of esters is 1. The number of pyridine rings is 2. The first-order valence-corrected chi connectivity index (χ1v) is 10.1. The molecule has 0 bridgehead atoms. The Bertz CT molecular complexity index is 969. The molecule has 1 aliphatic heterocycles. The average Bonchev–Trinajstić information content (AvgIpc) is 2.83. The molecular weight excluding hydrogens is 414 g/mol. The van der Waals surface area contributed by atoms with Crippen LogP contribution in [-0.2, 0) is 25.5 Å². The first-order chi connectivity index (χ1) is 15.4. The molecule has 1 N–H and O–H groups in total. The van der Waals surface area contributed by atoms with Crippen molar-refractivity contribution in [3.05, 3.63) is 60.2 Å². The summed E-state index contributed by atoms with van der Waals surface area (Å²) >= 11 is 0. The molecule has 0 aliphatic carbocycles. The van der Waals surface area contributed by atoms with Gasteiger partial charge in [-0.2, -0.15) is 0 Å². The summed E-state index contributed by atoms with van der Waals surface area (Å²) in [6.45, 7) is 1.85. The molecule has 0 spiro atoms. The zero-order valence-corrected chi connectivity index (χ0v) is 17.9. The number of nitrogens with zero attached hydrogens (tertiary/aromatic N) is 4. The summed E-state index contributed by atoms with van der Waals surface area (Å²) in [6.07, 6.45) is 6.40. The topological polar surface area (TPSA) is 122 Å². The van der Waals surface area contributed by atoms with Crippen LogP contribution < -0.4 is 5.32 Å². The second-order valence-electron chi connectivity index (χ2n) is 7.37. The van der Waals surface area contributed by atoms with Crippen LogP contribution in [0.2, 0.25) is 0 Å². The summed E-state index contributed by atoms with van der Waals surface area (Å²) < 4.78 is 4.84. The van der Waals surface area contributed by atoms with Crippen molar-refractivity contribution in [1.29, 1.82) is 0 Å². The minimum absolute atomic E-state index is 0.0000733. The molecule has 0 unspecified atom stereocenters. The number of ether oxygens (including phenoxy) is 1. The minimum Gasteiger partial charge on any atom is -0.467 e. The molecule has 2 aromatic heterocycles. The Morgan fingerprint density at radius 3 is 2.44 bits per heavy atom. The Morgan fingerprint density at radius 2 is 1.84 bits per heavy atom. The van der Waals surface area contributed by atoms with Crippen LogP contribution in [0.25, 0.3) is 0 Å². The van der Waals surface area contributed by atoms with Crippen molar-refractivity contribution in [2.45, 2.75) is 25.4 Å². The Morgan fingerprint density at radius 1 is 1.12 bits per heavy atom. The third-order valence-electron chi connectivity index (χ3n) is 5.25. The monoisotopic (exact) mass is 439 g/mol. The molecule has 10 heteroatoms. The van der Waals surface area contributed by atoms with Crippen LogP contribution in [0.1, 0.15) is 22.8 Å². The van der Waals surface area contributed by atoms with Gasteiger partial charge in [0.25, 0.3) is 5.91 Å². The molecule has 10 nitrogen and oxygen atoms in total. The second-order valence-corrected chi connectivity index (χ2v) is 7.37. The predicted molar refractivity (Wildman–Crippen MR) is 113 cm³/mol. The van der Waals surface area contributed by atoms with Crippen LogP contribution in [0, 0.1) is 0 Å². The van der Waals surface area contributed by atoms with Gasteiger partial charge in [0.05, 0.1) is 19.2 Å². The number of hydrogen-bond acceptors (Lipinski definition) is 7. The van der Waals surface area contributed by atoms with Crippen molar-refractivity contribution in [2.24, 2.45) is 0 Å². The van der Waals surface area contributed by atoms with Crippen molar-refractivity contribution in [2.75, 3.05) is 26.7 Å². The molecule has 2 aromatic rings. The SMILES string of the molecule is COC(=O)[C@@H](Cc1cccnc1)NC(=O)[C@H]1CN(C(=O)c2cccnc2)CCN1C(C)=O. The van der Waals surface area contributed by atoms with Crippen LogP contribution in [-0.4, -0.2) is 82.3 Å². The van der Waals surface area contributed by atoms with E-state index in [2.05, 4.69) is 15.3 Å². The van der Waals surface area contributed by atoms with Crippen LogP contribution in [0.15, 0.2) is 49.1 Å². The van der Waals surface area contributed by atoms with Gasteiger partial charge in [-0.15, -0.1) is 0 Å². The molecule has 3 amide bonds. The Hall–Kier alpha value is -3.82. The van der Waals surface area contributed by atoms with Crippen LogP contribution in [0.3, 0.4) is 0 Å². The van der Waals surface area contributed by atoms with Crippen molar-refractivity contribution in [3.63, 3.8) is 0 Å². The van der Waals surface area contributed by atoms with E-state index >= 15 is 0 Å². The summed E-state index contributed by atoms with van der Waals surface area (Å²) in [6, 6.07) is 4.90. The molecule has 1 aliphatic rings. The van der Waals surface area contributed by atoms with Gasteiger partial charge in [0.2, 0.25) is 11.8 Å². The van der Waals surface area contributed by atoms with E-state index in [9.17, 15) is 19.2 Å². The lowest BCUT2D eigenvalue weighted by Crippen LogP contribution is -2.62. The number of methoxy groups -OCH3 is 1. The summed E-state index contributed by atoms with van der Waals surface area (Å²) in [5.74, 6) is -1.72. The Kier molecular flexibility index (Phi) is 7.48. The van der Waals surface area contributed by atoms with E-state index < -0.39 is 24.0 Å². The number of carbonyl (C=O) groups is 4. The van der Waals surface area contributed by atoms with Gasteiger partial charge in [0, 0.05) is 51.2 Å². The Labute approximate surface area is 185 Å². The highest BCUT2D eigenvalue weighted by Gasteiger charge is 2.37. The molecule has 0 saturated carbocycles. The van der Waals surface area contributed by atoms with Crippen LogP contribution >= 0.6 is 0 Å². The van der Waals surface area contributed by atoms with Gasteiger partial charge in [-0.05, 0) is 23.8 Å². The predicted octanol–water partition coefficient (Wildman–Crippen LogP) is 0.0500. The number of hydrogen-bond donors (Lipinski definition) is 1. The van der Waals surface area contributed by atoms with Crippen molar-refractivity contribution in [1.82, 2.24) is 25.1 Å². The fraction of sp³-hybridized carbons (Fsp3) is 0.364. The normalized spacial score (nSPS) is 16.8. The van der Waals surface area contributed by atoms with Gasteiger partial charge in [-0.1, -0.05) is 6.07 Å². The van der Waals surface area contributed by atoms with E-state index in [1.165, 1.54) is 30.0 Å². The highest BCUT2D eigenvalue weighted by molar-refractivity contribution is 5.96. The highest BCUT2D eigenvalue weighted by Crippen LogP contribution is 2.15. The minimum atomic E-state index is -0.963. The standard InChI is InChI=1S/C22H25N5O5/c1-15(28)27-10-9-26(21(30)17-6-4-8-24-13-17)14-19(27)20(29)25-18(22(31)32-2)11-16-5-3-7-23-12-16/h3-8,12-13,18-19H,9-11,14H2,1-2H3,(H,25,29)/t18-,19-/m1/s1. The van der Waals surface area contributed by atoms with Gasteiger partial charge in [-0.25, -0.2) is 4.79 Å². The van der Waals surface area contributed by atoms with E-state index in [1.807, 2.05) is 0 Å². The maximum Gasteiger partial charge on any atom is 0.328 e. The molecule has 32 heavy (non-hydrogen) atoms.